The predicted octanol–water partition coefficient (Wildman–Crippen LogP) is 2.61. The van der Waals surface area contributed by atoms with Gasteiger partial charge in [0, 0.05) is 0 Å². The number of rotatable bonds is 4. The quantitative estimate of drug-likeness (QED) is 0.773. The third-order valence-electron chi connectivity index (χ3n) is 3.29. The fourth-order valence-electron chi connectivity index (χ4n) is 2.60. The normalized spacial score (nSPS) is 34.9. The van der Waals surface area contributed by atoms with E-state index in [1.54, 1.807) is 0 Å². The molecule has 1 saturated carbocycles. The van der Waals surface area contributed by atoms with Crippen molar-refractivity contribution in [2.75, 3.05) is 13.2 Å². The minimum absolute atomic E-state index is 0.0187. The molecule has 0 aromatic heterocycles. The molecule has 0 aromatic carbocycles. The van der Waals surface area contributed by atoms with Crippen molar-refractivity contribution in [3.63, 3.8) is 0 Å². The van der Waals surface area contributed by atoms with Crippen molar-refractivity contribution in [2.45, 2.75) is 65.3 Å². The van der Waals surface area contributed by atoms with E-state index in [4.69, 9.17) is 9.47 Å². The summed E-state index contributed by atoms with van der Waals surface area (Å²) in [7, 11) is 0. The van der Waals surface area contributed by atoms with Gasteiger partial charge in [-0.05, 0) is 45.4 Å². The molecule has 17 heavy (non-hydrogen) atoms. The van der Waals surface area contributed by atoms with Crippen LogP contribution in [-0.2, 0) is 9.47 Å². The molecule has 1 rings (SSSR count). The van der Waals surface area contributed by atoms with Crippen LogP contribution in [-0.4, -0.2) is 36.1 Å². The summed E-state index contributed by atoms with van der Waals surface area (Å²) in [5, 5.41) is 10.0. The topological polar surface area (TPSA) is 38.7 Å². The summed E-state index contributed by atoms with van der Waals surface area (Å²) >= 11 is 0. The molecule has 0 radical (unpaired) electrons. The fraction of sp³-hybridized carbons (Fsp3) is 1.00. The first kappa shape index (κ1) is 14.9. The van der Waals surface area contributed by atoms with Crippen LogP contribution in [0.2, 0.25) is 0 Å². The molecule has 1 N–H and O–H groups in total. The first-order valence-corrected chi connectivity index (χ1v) is 6.73. The van der Waals surface area contributed by atoms with Gasteiger partial charge in [-0.3, -0.25) is 0 Å². The van der Waals surface area contributed by atoms with Crippen molar-refractivity contribution >= 4 is 0 Å². The highest BCUT2D eigenvalue weighted by Gasteiger charge is 2.33. The zero-order valence-electron chi connectivity index (χ0n) is 11.9. The second kappa shape index (κ2) is 6.17. The second-order valence-electron chi connectivity index (χ2n) is 6.42. The number of hydrogen-bond donors (Lipinski definition) is 1. The van der Waals surface area contributed by atoms with E-state index in [9.17, 15) is 5.11 Å². The van der Waals surface area contributed by atoms with Gasteiger partial charge in [0.2, 0.25) is 0 Å². The molecule has 1 aliphatic rings. The molecule has 1 fully saturated rings. The van der Waals surface area contributed by atoms with Crippen molar-refractivity contribution < 1.29 is 14.6 Å². The maximum absolute atomic E-state index is 10.0. The minimum atomic E-state index is -0.316. The van der Waals surface area contributed by atoms with E-state index in [0.29, 0.717) is 25.0 Å². The van der Waals surface area contributed by atoms with Crippen LogP contribution in [0.25, 0.3) is 0 Å². The Morgan fingerprint density at radius 2 is 1.76 bits per heavy atom. The maximum atomic E-state index is 10.0. The van der Waals surface area contributed by atoms with Crippen LogP contribution in [0, 0.1) is 11.8 Å². The Labute approximate surface area is 105 Å². The summed E-state index contributed by atoms with van der Waals surface area (Å²) in [5.41, 5.74) is -0.116. The van der Waals surface area contributed by atoms with E-state index in [1.165, 1.54) is 0 Å². The SMILES string of the molecule is CC1CC(C)C(OCCOC(C)(C)C)C(O)C1. The van der Waals surface area contributed by atoms with Gasteiger partial charge in [-0.15, -0.1) is 0 Å². The van der Waals surface area contributed by atoms with Gasteiger partial charge in [0.25, 0.3) is 0 Å². The summed E-state index contributed by atoms with van der Waals surface area (Å²) in [5.74, 6) is 1.04. The minimum Gasteiger partial charge on any atom is -0.390 e. The van der Waals surface area contributed by atoms with Gasteiger partial charge >= 0.3 is 0 Å². The molecule has 0 spiro atoms. The average molecular weight is 244 g/mol. The van der Waals surface area contributed by atoms with Gasteiger partial charge < -0.3 is 14.6 Å². The van der Waals surface area contributed by atoms with E-state index in [2.05, 4.69) is 13.8 Å². The van der Waals surface area contributed by atoms with Gasteiger partial charge in [0.1, 0.15) is 0 Å². The first-order valence-electron chi connectivity index (χ1n) is 6.73. The van der Waals surface area contributed by atoms with Gasteiger partial charge in [-0.25, -0.2) is 0 Å². The van der Waals surface area contributed by atoms with Gasteiger partial charge in [-0.2, -0.15) is 0 Å². The molecule has 0 bridgehead atoms. The monoisotopic (exact) mass is 244 g/mol. The van der Waals surface area contributed by atoms with E-state index in [-0.39, 0.29) is 17.8 Å². The Bertz CT molecular complexity index is 210. The second-order valence-corrected chi connectivity index (χ2v) is 6.42. The van der Waals surface area contributed by atoms with Gasteiger partial charge in [-0.1, -0.05) is 13.8 Å². The highest BCUT2D eigenvalue weighted by atomic mass is 16.5. The average Bonchev–Trinajstić information content (AvgIpc) is 2.13. The molecule has 102 valence electrons. The zero-order valence-corrected chi connectivity index (χ0v) is 11.9. The van der Waals surface area contributed by atoms with Gasteiger partial charge in [0.05, 0.1) is 31.0 Å². The van der Waals surface area contributed by atoms with Crippen molar-refractivity contribution in [1.29, 1.82) is 0 Å². The van der Waals surface area contributed by atoms with Crippen molar-refractivity contribution in [2.24, 2.45) is 11.8 Å². The third-order valence-corrected chi connectivity index (χ3v) is 3.29. The lowest BCUT2D eigenvalue weighted by Crippen LogP contribution is -2.41. The van der Waals surface area contributed by atoms with Crippen molar-refractivity contribution in [3.8, 4) is 0 Å². The van der Waals surface area contributed by atoms with Crippen LogP contribution in [0.4, 0.5) is 0 Å². The molecule has 3 nitrogen and oxygen atoms in total. The summed E-state index contributed by atoms with van der Waals surface area (Å²) < 4.78 is 11.4. The molecule has 0 amide bonds. The number of ether oxygens (including phenoxy) is 2. The van der Waals surface area contributed by atoms with Crippen molar-refractivity contribution in [1.82, 2.24) is 0 Å². The number of hydrogen-bond acceptors (Lipinski definition) is 3. The van der Waals surface area contributed by atoms with E-state index in [1.807, 2.05) is 20.8 Å². The van der Waals surface area contributed by atoms with Crippen LogP contribution in [0.3, 0.4) is 0 Å². The van der Waals surface area contributed by atoms with Crippen LogP contribution in [0.5, 0.6) is 0 Å². The van der Waals surface area contributed by atoms with Crippen LogP contribution in [0.15, 0.2) is 0 Å². The molecule has 0 heterocycles. The van der Waals surface area contributed by atoms with E-state index >= 15 is 0 Å². The molecule has 1 aliphatic carbocycles. The Morgan fingerprint density at radius 3 is 2.29 bits per heavy atom. The third kappa shape index (κ3) is 5.36. The summed E-state index contributed by atoms with van der Waals surface area (Å²) in [6, 6.07) is 0. The predicted molar refractivity (Wildman–Crippen MR) is 69.0 cm³/mol. The lowest BCUT2D eigenvalue weighted by atomic mass is 9.79. The first-order chi connectivity index (χ1) is 7.79. The highest BCUT2D eigenvalue weighted by molar-refractivity contribution is 4.83. The summed E-state index contributed by atoms with van der Waals surface area (Å²) in [6.45, 7) is 11.6. The molecule has 3 heteroatoms. The van der Waals surface area contributed by atoms with Crippen LogP contribution < -0.4 is 0 Å². The Kier molecular flexibility index (Phi) is 5.42. The largest absolute Gasteiger partial charge is 0.390 e. The zero-order chi connectivity index (χ0) is 13.1. The lowest BCUT2D eigenvalue weighted by Gasteiger charge is -2.36. The van der Waals surface area contributed by atoms with Crippen LogP contribution >= 0.6 is 0 Å². The Hall–Kier alpha value is -0.120. The summed E-state index contributed by atoms with van der Waals surface area (Å²) in [6.07, 6.45) is 1.66. The van der Waals surface area contributed by atoms with Crippen molar-refractivity contribution in [3.05, 3.63) is 0 Å². The molecule has 4 atom stereocenters. The van der Waals surface area contributed by atoms with E-state index in [0.717, 1.165) is 12.8 Å². The van der Waals surface area contributed by atoms with Gasteiger partial charge in [0.15, 0.2) is 0 Å². The molecular formula is C14H28O3. The molecule has 4 unspecified atom stereocenters. The Balaban J connectivity index is 2.26. The number of aliphatic hydroxyl groups is 1. The molecule has 0 aliphatic heterocycles. The molecule has 0 saturated heterocycles. The lowest BCUT2D eigenvalue weighted by molar-refractivity contribution is -0.117. The molecular weight excluding hydrogens is 216 g/mol. The van der Waals surface area contributed by atoms with E-state index < -0.39 is 0 Å². The Morgan fingerprint density at radius 1 is 1.12 bits per heavy atom. The molecule has 0 aromatic rings. The maximum Gasteiger partial charge on any atom is 0.0860 e. The highest BCUT2D eigenvalue weighted by Crippen LogP contribution is 2.30. The summed E-state index contributed by atoms with van der Waals surface area (Å²) in [4.78, 5) is 0. The number of aliphatic hydroxyl groups excluding tert-OH is 1. The van der Waals surface area contributed by atoms with Crippen LogP contribution in [0.1, 0.15) is 47.5 Å². The smallest absolute Gasteiger partial charge is 0.0860 e. The standard InChI is InChI=1S/C14H28O3/c1-10-8-11(2)13(12(15)9-10)16-6-7-17-14(3,4)5/h10-13,15H,6-9H2,1-5H3. The fourth-order valence-corrected chi connectivity index (χ4v) is 2.60.